The normalized spacial score (nSPS) is 28.6. The molecule has 21 heavy (non-hydrogen) atoms. The number of nitrogens with one attached hydrogen (secondary N) is 2. The van der Waals surface area contributed by atoms with Crippen LogP contribution in [0.5, 0.6) is 0 Å². The van der Waals surface area contributed by atoms with Gasteiger partial charge in [0.15, 0.2) is 5.76 Å². The van der Waals surface area contributed by atoms with Crippen LogP contribution in [0.1, 0.15) is 6.92 Å². The number of rotatable bonds is 2. The Kier molecular flexibility index (Phi) is 2.92. The zero-order valence-corrected chi connectivity index (χ0v) is 11.3. The summed E-state index contributed by atoms with van der Waals surface area (Å²) in [5.74, 6) is -0.538. The smallest absolute Gasteiger partial charge is 0.408 e. The van der Waals surface area contributed by atoms with Crippen molar-refractivity contribution >= 4 is 24.0 Å². The first-order valence-electron chi connectivity index (χ1n) is 5.77. The Bertz CT molecular complexity index is 631. The quantitative estimate of drug-likeness (QED) is 0.589. The molecular formula is C11H9ClF2N4O3. The molecular weight excluding hydrogens is 310 g/mol. The highest BCUT2D eigenvalue weighted by atomic mass is 35.5. The van der Waals surface area contributed by atoms with Crippen molar-refractivity contribution in [3.05, 3.63) is 35.4 Å². The second-order valence-corrected chi connectivity index (χ2v) is 4.75. The minimum atomic E-state index is -3.81. The molecule has 3 aliphatic rings. The van der Waals surface area contributed by atoms with Gasteiger partial charge in [-0.1, -0.05) is 0 Å². The van der Waals surface area contributed by atoms with Crippen molar-refractivity contribution in [3.8, 4) is 0 Å². The van der Waals surface area contributed by atoms with E-state index in [0.717, 1.165) is 10.8 Å². The zero-order chi connectivity index (χ0) is 15.3. The molecule has 2 aliphatic heterocycles. The summed E-state index contributed by atoms with van der Waals surface area (Å²) in [5.41, 5.74) is 3.55. The number of aliphatic imine (C=N–C) groups is 1. The maximum absolute atomic E-state index is 13.4. The van der Waals surface area contributed by atoms with E-state index >= 15 is 0 Å². The molecule has 1 atom stereocenters. The summed E-state index contributed by atoms with van der Waals surface area (Å²) in [6.45, 7) is 1.29. The molecule has 0 aromatic rings. The summed E-state index contributed by atoms with van der Waals surface area (Å²) in [6, 6.07) is 0. The van der Waals surface area contributed by atoms with Crippen LogP contribution in [-0.2, 0) is 14.3 Å². The lowest BCUT2D eigenvalue weighted by molar-refractivity contribution is -0.349. The molecule has 112 valence electrons. The van der Waals surface area contributed by atoms with Crippen molar-refractivity contribution < 1.29 is 23.0 Å². The summed E-state index contributed by atoms with van der Waals surface area (Å²) < 4.78 is 37.0. The van der Waals surface area contributed by atoms with E-state index in [4.69, 9.17) is 11.8 Å². The van der Waals surface area contributed by atoms with Crippen molar-refractivity contribution in [1.29, 1.82) is 0 Å². The molecule has 0 radical (unpaired) electrons. The van der Waals surface area contributed by atoms with E-state index in [1.54, 1.807) is 0 Å². The predicted octanol–water partition coefficient (Wildman–Crippen LogP) is 1.08. The Balaban J connectivity index is 2.00. The van der Waals surface area contributed by atoms with E-state index in [0.29, 0.717) is 0 Å². The molecule has 1 amide bonds. The average Bonchev–Trinajstić information content (AvgIpc) is 2.66. The fourth-order valence-electron chi connectivity index (χ4n) is 2.08. The standard InChI is InChI=1S/C11H9ClF2N4O3/c1-6(19)16-17-8-2-3-9-10(21-11(13,14)20-9)7(8)4-18(12)5-15-10/h2-5,17H,1H3,(H,16,19). The van der Waals surface area contributed by atoms with Crippen LogP contribution >= 0.6 is 11.8 Å². The average molecular weight is 319 g/mol. The Morgan fingerprint density at radius 3 is 2.95 bits per heavy atom. The molecule has 10 heteroatoms. The van der Waals surface area contributed by atoms with E-state index in [1.165, 1.54) is 25.3 Å². The Morgan fingerprint density at radius 1 is 1.48 bits per heavy atom. The van der Waals surface area contributed by atoms with Gasteiger partial charge in [-0.3, -0.25) is 15.6 Å². The largest absolute Gasteiger partial charge is 0.537 e. The predicted molar refractivity (Wildman–Crippen MR) is 67.2 cm³/mol. The van der Waals surface area contributed by atoms with E-state index in [1.807, 2.05) is 0 Å². The van der Waals surface area contributed by atoms with Crippen LogP contribution in [0.2, 0.25) is 0 Å². The van der Waals surface area contributed by atoms with Crippen LogP contribution < -0.4 is 10.9 Å². The molecule has 1 unspecified atom stereocenters. The lowest BCUT2D eigenvalue weighted by atomic mass is 9.93. The fraction of sp³-hybridized carbons (Fsp3) is 0.273. The molecule has 0 aromatic heterocycles. The third kappa shape index (κ3) is 2.24. The van der Waals surface area contributed by atoms with E-state index in [-0.39, 0.29) is 22.9 Å². The monoisotopic (exact) mass is 318 g/mol. The number of nitrogens with zero attached hydrogens (tertiary/aromatic N) is 2. The van der Waals surface area contributed by atoms with Crippen molar-refractivity contribution in [2.75, 3.05) is 0 Å². The van der Waals surface area contributed by atoms with E-state index < -0.39 is 12.0 Å². The number of hydrogen-bond donors (Lipinski definition) is 2. The highest BCUT2D eigenvalue weighted by Crippen LogP contribution is 2.50. The number of hydrazine groups is 1. The van der Waals surface area contributed by atoms with Gasteiger partial charge in [0.2, 0.25) is 5.91 Å². The molecule has 0 aromatic carbocycles. The molecule has 0 bridgehead atoms. The van der Waals surface area contributed by atoms with Crippen LogP contribution in [0.3, 0.4) is 0 Å². The number of carbonyl (C=O) groups is 1. The van der Waals surface area contributed by atoms with Gasteiger partial charge in [-0.2, -0.15) is 0 Å². The van der Waals surface area contributed by atoms with Crippen LogP contribution in [0.4, 0.5) is 8.78 Å². The topological polar surface area (TPSA) is 75.2 Å². The Morgan fingerprint density at radius 2 is 2.24 bits per heavy atom. The van der Waals surface area contributed by atoms with Crippen LogP contribution in [0.25, 0.3) is 0 Å². The second kappa shape index (κ2) is 4.43. The lowest BCUT2D eigenvalue weighted by Crippen LogP contribution is -2.44. The molecule has 1 aliphatic carbocycles. The summed E-state index contributed by atoms with van der Waals surface area (Å²) in [7, 11) is 0. The molecule has 2 N–H and O–H groups in total. The second-order valence-electron chi connectivity index (χ2n) is 4.36. The van der Waals surface area contributed by atoms with E-state index in [2.05, 4.69) is 25.3 Å². The molecule has 0 saturated carbocycles. The molecule has 1 fully saturated rings. The summed E-state index contributed by atoms with van der Waals surface area (Å²) >= 11 is 5.78. The van der Waals surface area contributed by atoms with Crippen LogP contribution in [0.15, 0.2) is 40.4 Å². The van der Waals surface area contributed by atoms with Crippen molar-refractivity contribution in [1.82, 2.24) is 15.3 Å². The number of alkyl halides is 2. The van der Waals surface area contributed by atoms with Gasteiger partial charge in [-0.05, 0) is 12.2 Å². The summed E-state index contributed by atoms with van der Waals surface area (Å²) in [6.07, 6.45) is 1.35. The van der Waals surface area contributed by atoms with Gasteiger partial charge in [0.25, 0.3) is 5.72 Å². The molecule has 1 saturated heterocycles. The first-order chi connectivity index (χ1) is 9.82. The molecule has 2 heterocycles. The number of halogens is 3. The van der Waals surface area contributed by atoms with Gasteiger partial charge in [0, 0.05) is 24.9 Å². The summed E-state index contributed by atoms with van der Waals surface area (Å²) in [4.78, 5) is 14.9. The number of amides is 1. The third-order valence-corrected chi connectivity index (χ3v) is 3.05. The van der Waals surface area contributed by atoms with Crippen LogP contribution in [0, 0.1) is 0 Å². The minimum absolute atomic E-state index is 0.170. The van der Waals surface area contributed by atoms with Gasteiger partial charge < -0.3 is 4.74 Å². The first kappa shape index (κ1) is 13.8. The number of ether oxygens (including phenoxy) is 2. The number of allylic oxidation sites excluding steroid dienone is 2. The van der Waals surface area contributed by atoms with Gasteiger partial charge in [0.05, 0.1) is 11.3 Å². The number of carbonyl (C=O) groups excluding carboxylic acids is 1. The Hall–Kier alpha value is -2.13. The lowest BCUT2D eigenvalue weighted by Gasteiger charge is -2.32. The zero-order valence-electron chi connectivity index (χ0n) is 10.6. The first-order valence-corrected chi connectivity index (χ1v) is 6.10. The van der Waals surface area contributed by atoms with Crippen molar-refractivity contribution in [2.45, 2.75) is 18.9 Å². The molecule has 3 rings (SSSR count). The SMILES string of the molecule is CC(=O)NNC1=CC=C2OC(F)(F)OC23N=CN(Cl)C=C13. The molecule has 7 nitrogen and oxygen atoms in total. The minimum Gasteiger partial charge on any atom is -0.408 e. The van der Waals surface area contributed by atoms with Gasteiger partial charge in [-0.25, -0.2) is 14.1 Å². The third-order valence-electron chi connectivity index (χ3n) is 2.86. The van der Waals surface area contributed by atoms with Gasteiger partial charge in [-0.15, -0.1) is 8.78 Å². The van der Waals surface area contributed by atoms with Gasteiger partial charge in [0.1, 0.15) is 6.34 Å². The highest BCUT2D eigenvalue weighted by Gasteiger charge is 2.62. The molecule has 1 spiro atoms. The summed E-state index contributed by atoms with van der Waals surface area (Å²) in [5, 5.41) is 0. The van der Waals surface area contributed by atoms with Gasteiger partial charge >= 0.3 is 6.29 Å². The highest BCUT2D eigenvalue weighted by molar-refractivity contribution is 6.19. The number of hydrogen-bond acceptors (Lipinski definition) is 6. The van der Waals surface area contributed by atoms with Crippen LogP contribution in [-0.4, -0.2) is 28.7 Å². The maximum atomic E-state index is 13.4. The van der Waals surface area contributed by atoms with Crippen molar-refractivity contribution in [2.24, 2.45) is 4.99 Å². The maximum Gasteiger partial charge on any atom is 0.537 e. The fourth-order valence-corrected chi connectivity index (χ4v) is 2.22. The van der Waals surface area contributed by atoms with E-state index in [9.17, 15) is 13.6 Å². The van der Waals surface area contributed by atoms with Crippen molar-refractivity contribution in [3.63, 3.8) is 0 Å². The Labute approximate surface area is 122 Å².